The third-order valence-electron chi connectivity index (χ3n) is 5.90. The normalized spacial score (nSPS) is 31.5. The van der Waals surface area contributed by atoms with Gasteiger partial charge in [0.25, 0.3) is 0 Å². The van der Waals surface area contributed by atoms with Crippen molar-refractivity contribution in [3.63, 3.8) is 0 Å². The van der Waals surface area contributed by atoms with Gasteiger partial charge in [-0.05, 0) is 0 Å². The highest BCUT2D eigenvalue weighted by atomic mass is 16.8. The summed E-state index contributed by atoms with van der Waals surface area (Å²) in [5, 5.41) is 10.6. The van der Waals surface area contributed by atoms with Crippen LogP contribution in [0.25, 0.3) is 0 Å². The van der Waals surface area contributed by atoms with E-state index in [4.69, 9.17) is 47.4 Å². The molecule has 2 heterocycles. The average Bonchev–Trinajstić information content (AvgIpc) is 2.87. The highest BCUT2D eigenvalue weighted by molar-refractivity contribution is 5.69. The Balaban J connectivity index is 2.66. The van der Waals surface area contributed by atoms with E-state index in [9.17, 15) is 38.7 Å². The zero-order valence-electron chi connectivity index (χ0n) is 25.1. The van der Waals surface area contributed by atoms with Gasteiger partial charge in [0.2, 0.25) is 0 Å². The van der Waals surface area contributed by atoms with Gasteiger partial charge < -0.3 is 52.5 Å². The molecule has 10 atom stereocenters. The Morgan fingerprint density at radius 1 is 0.477 bits per heavy atom. The van der Waals surface area contributed by atoms with E-state index in [1.165, 1.54) is 0 Å². The summed E-state index contributed by atoms with van der Waals surface area (Å²) >= 11 is 0. The largest absolute Gasteiger partial charge is 0.463 e. The molecular weight excluding hydrogens is 600 g/mol. The Morgan fingerprint density at radius 2 is 0.841 bits per heavy atom. The number of rotatable bonds is 11. The summed E-state index contributed by atoms with van der Waals surface area (Å²) in [6.45, 7) is 6.11. The Bertz CT molecular complexity index is 1090. The van der Waals surface area contributed by atoms with Crippen molar-refractivity contribution >= 4 is 41.8 Å². The van der Waals surface area contributed by atoms with E-state index in [0.29, 0.717) is 0 Å². The number of hydrogen-bond donors (Lipinski definition) is 1. The van der Waals surface area contributed by atoms with Crippen LogP contribution < -0.4 is 0 Å². The first-order valence-corrected chi connectivity index (χ1v) is 13.3. The van der Waals surface area contributed by atoms with Crippen molar-refractivity contribution in [3.05, 3.63) is 0 Å². The fourth-order valence-corrected chi connectivity index (χ4v) is 4.49. The van der Waals surface area contributed by atoms with Crippen molar-refractivity contribution < 1.29 is 86.0 Å². The number of aliphatic hydroxyl groups is 1. The molecule has 0 amide bonds. The lowest BCUT2D eigenvalue weighted by atomic mass is 9.96. The molecule has 0 unspecified atom stereocenters. The molecule has 18 heteroatoms. The molecule has 0 saturated carbocycles. The van der Waals surface area contributed by atoms with Crippen LogP contribution in [0.4, 0.5) is 0 Å². The molecule has 2 aliphatic rings. The Kier molecular flexibility index (Phi) is 13.4. The Labute approximate surface area is 251 Å². The number of esters is 7. The minimum absolute atomic E-state index is 0.572. The highest BCUT2D eigenvalue weighted by Crippen LogP contribution is 2.34. The van der Waals surface area contributed by atoms with Crippen molar-refractivity contribution in [2.24, 2.45) is 0 Å². The molecule has 18 nitrogen and oxygen atoms in total. The number of carbonyl (C=O) groups excluding carboxylic acids is 7. The first-order chi connectivity index (χ1) is 20.5. The summed E-state index contributed by atoms with van der Waals surface area (Å²) in [7, 11) is 0. The molecule has 2 aliphatic heterocycles. The summed E-state index contributed by atoms with van der Waals surface area (Å²) in [6, 6.07) is 0. The second-order valence-electron chi connectivity index (χ2n) is 9.68. The molecule has 44 heavy (non-hydrogen) atoms. The van der Waals surface area contributed by atoms with Gasteiger partial charge in [0.15, 0.2) is 43.1 Å². The van der Waals surface area contributed by atoms with Gasteiger partial charge in [-0.3, -0.25) is 33.6 Å². The number of hydrogen-bond acceptors (Lipinski definition) is 18. The zero-order valence-corrected chi connectivity index (χ0v) is 25.1. The fraction of sp³-hybridized carbons (Fsp3) is 0.731. The van der Waals surface area contributed by atoms with Crippen molar-refractivity contribution in [2.45, 2.75) is 110 Å². The van der Waals surface area contributed by atoms with Crippen molar-refractivity contribution in [1.29, 1.82) is 0 Å². The Hall–Kier alpha value is -3.87. The summed E-state index contributed by atoms with van der Waals surface area (Å²) in [5.41, 5.74) is 0. The van der Waals surface area contributed by atoms with Crippen LogP contribution in [-0.2, 0) is 80.9 Å². The van der Waals surface area contributed by atoms with Gasteiger partial charge in [-0.2, -0.15) is 0 Å². The third kappa shape index (κ3) is 10.7. The minimum atomic E-state index is -1.90. The van der Waals surface area contributed by atoms with Gasteiger partial charge in [0, 0.05) is 48.5 Å². The van der Waals surface area contributed by atoms with Crippen LogP contribution >= 0.6 is 0 Å². The molecule has 0 aromatic heterocycles. The molecular formula is C26H36O18. The lowest BCUT2D eigenvalue weighted by Gasteiger charge is -2.48. The third-order valence-corrected chi connectivity index (χ3v) is 5.90. The average molecular weight is 637 g/mol. The summed E-state index contributed by atoms with van der Waals surface area (Å²) in [5.74, 6) is -6.03. The van der Waals surface area contributed by atoms with E-state index in [0.717, 1.165) is 48.5 Å². The second kappa shape index (κ2) is 16.3. The number of aliphatic hydroxyl groups excluding tert-OH is 1. The zero-order chi connectivity index (χ0) is 33.3. The minimum Gasteiger partial charge on any atom is -0.463 e. The van der Waals surface area contributed by atoms with E-state index in [-0.39, 0.29) is 0 Å². The molecule has 1 N–H and O–H groups in total. The van der Waals surface area contributed by atoms with Crippen LogP contribution in [0.2, 0.25) is 0 Å². The topological polar surface area (TPSA) is 232 Å². The van der Waals surface area contributed by atoms with Gasteiger partial charge in [-0.15, -0.1) is 0 Å². The van der Waals surface area contributed by atoms with E-state index in [1.54, 1.807) is 0 Å². The van der Waals surface area contributed by atoms with E-state index in [1.807, 2.05) is 0 Å². The van der Waals surface area contributed by atoms with E-state index >= 15 is 0 Å². The van der Waals surface area contributed by atoms with Crippen LogP contribution in [0.5, 0.6) is 0 Å². The molecule has 0 aromatic rings. The maximum absolute atomic E-state index is 12.2. The number of ether oxygens (including phenoxy) is 10. The molecule has 248 valence electrons. The maximum Gasteiger partial charge on any atom is 0.303 e. The lowest BCUT2D eigenvalue weighted by Crippen LogP contribution is -2.67. The predicted octanol–water partition coefficient (Wildman–Crippen LogP) is -1.40. The quantitative estimate of drug-likeness (QED) is 0.203. The van der Waals surface area contributed by atoms with E-state index < -0.39 is 116 Å². The van der Waals surface area contributed by atoms with Crippen LogP contribution in [0.1, 0.15) is 48.5 Å². The second-order valence-corrected chi connectivity index (χ2v) is 9.68. The molecule has 0 bridgehead atoms. The highest BCUT2D eigenvalue weighted by Gasteiger charge is 2.57. The van der Waals surface area contributed by atoms with Crippen LogP contribution in [0.15, 0.2) is 0 Å². The fourth-order valence-electron chi connectivity index (χ4n) is 4.49. The van der Waals surface area contributed by atoms with Gasteiger partial charge in [0.05, 0.1) is 0 Å². The van der Waals surface area contributed by atoms with Gasteiger partial charge in [0.1, 0.15) is 31.5 Å². The Morgan fingerprint density at radius 3 is 1.27 bits per heavy atom. The van der Waals surface area contributed by atoms with Crippen molar-refractivity contribution in [3.8, 4) is 0 Å². The molecule has 0 radical (unpaired) electrons. The maximum atomic E-state index is 12.2. The van der Waals surface area contributed by atoms with Gasteiger partial charge in [-0.1, -0.05) is 0 Å². The molecule has 0 aromatic carbocycles. The predicted molar refractivity (Wildman–Crippen MR) is 135 cm³/mol. The van der Waals surface area contributed by atoms with Crippen molar-refractivity contribution in [2.75, 3.05) is 13.2 Å². The van der Waals surface area contributed by atoms with Crippen LogP contribution in [0, 0.1) is 0 Å². The molecule has 2 saturated heterocycles. The first kappa shape index (κ1) is 36.3. The standard InChI is InChI=1S/C26H36O18/c1-10(27)35-8-17-20(21(38-13(4)30)23(25(34)42-17)40-15(6)32)44-26-24(41-16(7)33)22(39-14(5)31)19(37-12(3)29)18(43-26)9-36-11(2)28/h17-26,34H,8-9H2,1-7H3/t17-,18-,19+,20-,21+,22+,23-,24-,25+,26-/m1/s1. The summed E-state index contributed by atoms with van der Waals surface area (Å²) in [4.78, 5) is 83.5. The number of carbonyl (C=O) groups is 7. The summed E-state index contributed by atoms with van der Waals surface area (Å²) < 4.78 is 54.1. The SMILES string of the molecule is CC(=O)OC[C@H]1O[C@H](O[C@H]2[C@H](OC(C)=O)[C@@H](OC(C)=O)[C@@H](O)O[C@@H]2COC(C)=O)[C@H](OC(C)=O)[C@@H](OC(C)=O)[C@H]1OC(C)=O. The van der Waals surface area contributed by atoms with Crippen LogP contribution in [0.3, 0.4) is 0 Å². The molecule has 0 aliphatic carbocycles. The molecule has 2 rings (SSSR count). The van der Waals surface area contributed by atoms with E-state index in [2.05, 4.69) is 0 Å². The van der Waals surface area contributed by atoms with Crippen LogP contribution in [-0.4, -0.2) is 122 Å². The van der Waals surface area contributed by atoms with Crippen molar-refractivity contribution in [1.82, 2.24) is 0 Å². The molecule has 2 fully saturated rings. The van der Waals surface area contributed by atoms with Gasteiger partial charge in [-0.25, -0.2) is 0 Å². The monoisotopic (exact) mass is 636 g/mol. The molecule has 0 spiro atoms. The first-order valence-electron chi connectivity index (χ1n) is 13.3. The summed E-state index contributed by atoms with van der Waals surface area (Å²) in [6.07, 6.45) is -16.3. The van der Waals surface area contributed by atoms with Gasteiger partial charge >= 0.3 is 41.8 Å². The lowest BCUT2D eigenvalue weighted by molar-refractivity contribution is -0.357. The smallest absolute Gasteiger partial charge is 0.303 e.